The van der Waals surface area contributed by atoms with E-state index < -0.39 is 5.92 Å². The van der Waals surface area contributed by atoms with Gasteiger partial charge in [0.1, 0.15) is 6.61 Å². The number of esters is 1. The van der Waals surface area contributed by atoms with E-state index in [1.54, 1.807) is 10.6 Å². The number of hydrogen-bond donors (Lipinski definition) is 0. The molecule has 29 heavy (non-hydrogen) atoms. The second kappa shape index (κ2) is 7.72. The monoisotopic (exact) mass is 405 g/mol. The fourth-order valence-electron chi connectivity index (χ4n) is 3.61. The van der Waals surface area contributed by atoms with E-state index in [-0.39, 0.29) is 18.5 Å². The Morgan fingerprint density at radius 1 is 0.966 bits per heavy atom. The van der Waals surface area contributed by atoms with Gasteiger partial charge in [0, 0.05) is 22.7 Å². The van der Waals surface area contributed by atoms with E-state index in [1.165, 1.54) is 6.92 Å². The third-order valence-electron chi connectivity index (χ3n) is 5.14. The number of aromatic nitrogens is 1. The molecule has 1 unspecified atom stereocenters. The quantitative estimate of drug-likeness (QED) is 0.394. The Bertz CT molecular complexity index is 1230. The first-order chi connectivity index (χ1) is 14.0. The van der Waals surface area contributed by atoms with E-state index in [2.05, 4.69) is 0 Å². The van der Waals surface area contributed by atoms with E-state index >= 15 is 0 Å². The third kappa shape index (κ3) is 3.64. The third-order valence-corrected chi connectivity index (χ3v) is 5.38. The second-order valence-electron chi connectivity index (χ2n) is 7.11. The molecule has 146 valence electrons. The molecule has 0 aliphatic heterocycles. The molecule has 4 aromatic rings. The highest BCUT2D eigenvalue weighted by Gasteiger charge is 2.20. The summed E-state index contributed by atoms with van der Waals surface area (Å²) < 4.78 is 7.14. The van der Waals surface area contributed by atoms with Crippen LogP contribution >= 0.6 is 11.6 Å². The van der Waals surface area contributed by atoms with Crippen LogP contribution in [0.25, 0.3) is 21.8 Å². The number of benzene rings is 3. The van der Waals surface area contributed by atoms with Gasteiger partial charge in [-0.3, -0.25) is 14.2 Å². The van der Waals surface area contributed by atoms with Crippen LogP contribution in [-0.2, 0) is 16.1 Å². The molecule has 0 fully saturated rings. The lowest BCUT2D eigenvalue weighted by Gasteiger charge is -2.13. The molecule has 4 nitrogen and oxygen atoms in total. The normalized spacial score (nSPS) is 12.2. The standard InChI is InChI=1S/C24H20ClNO3/c1-15(24(28)29-14-17-6-4-3-5-7-17)18-8-10-20-21-13-19(25)9-11-22(21)26(16(2)27)23(20)12-18/h3-13,15H,14H2,1-2H3. The highest BCUT2D eigenvalue weighted by molar-refractivity contribution is 6.32. The molecule has 0 radical (unpaired) electrons. The van der Waals surface area contributed by atoms with Gasteiger partial charge in [-0.05, 0) is 42.3 Å². The van der Waals surface area contributed by atoms with Gasteiger partial charge in [-0.25, -0.2) is 0 Å². The Labute approximate surface area is 173 Å². The first-order valence-corrected chi connectivity index (χ1v) is 9.78. The van der Waals surface area contributed by atoms with Gasteiger partial charge in [0.25, 0.3) is 0 Å². The molecule has 0 saturated carbocycles. The molecule has 0 bridgehead atoms. The predicted molar refractivity (Wildman–Crippen MR) is 115 cm³/mol. The minimum Gasteiger partial charge on any atom is -0.460 e. The van der Waals surface area contributed by atoms with Crippen molar-refractivity contribution in [2.75, 3.05) is 0 Å². The first-order valence-electron chi connectivity index (χ1n) is 9.41. The summed E-state index contributed by atoms with van der Waals surface area (Å²) in [5.41, 5.74) is 3.30. The molecule has 1 atom stereocenters. The van der Waals surface area contributed by atoms with Crippen molar-refractivity contribution in [2.45, 2.75) is 26.4 Å². The van der Waals surface area contributed by atoms with Crippen LogP contribution in [0.1, 0.15) is 35.7 Å². The average molecular weight is 406 g/mol. The summed E-state index contributed by atoms with van der Waals surface area (Å²) in [7, 11) is 0. The summed E-state index contributed by atoms with van der Waals surface area (Å²) in [6.07, 6.45) is 0. The van der Waals surface area contributed by atoms with Gasteiger partial charge in [0.05, 0.1) is 17.0 Å². The van der Waals surface area contributed by atoms with Crippen LogP contribution < -0.4 is 0 Å². The van der Waals surface area contributed by atoms with Crippen LogP contribution in [0.15, 0.2) is 66.7 Å². The summed E-state index contributed by atoms with van der Waals surface area (Å²) in [6, 6.07) is 20.8. The number of halogens is 1. The van der Waals surface area contributed by atoms with Crippen molar-refractivity contribution in [1.29, 1.82) is 0 Å². The predicted octanol–water partition coefficient (Wildman–Crippen LogP) is 5.95. The smallest absolute Gasteiger partial charge is 0.313 e. The van der Waals surface area contributed by atoms with Crippen molar-refractivity contribution < 1.29 is 14.3 Å². The molecular weight excluding hydrogens is 386 g/mol. The molecule has 0 N–H and O–H groups in total. The zero-order chi connectivity index (χ0) is 20.5. The minimum atomic E-state index is -0.454. The molecule has 4 rings (SSSR count). The van der Waals surface area contributed by atoms with Crippen LogP contribution in [0, 0.1) is 0 Å². The molecular formula is C24H20ClNO3. The van der Waals surface area contributed by atoms with Crippen LogP contribution in [0.4, 0.5) is 0 Å². The van der Waals surface area contributed by atoms with Gasteiger partial charge in [-0.2, -0.15) is 0 Å². The summed E-state index contributed by atoms with van der Waals surface area (Å²) >= 11 is 6.16. The van der Waals surface area contributed by atoms with Crippen molar-refractivity contribution in [3.8, 4) is 0 Å². The number of hydrogen-bond acceptors (Lipinski definition) is 3. The van der Waals surface area contributed by atoms with E-state index in [0.29, 0.717) is 5.02 Å². The molecule has 5 heteroatoms. The summed E-state index contributed by atoms with van der Waals surface area (Å²) in [5, 5.41) is 2.45. The number of carbonyl (C=O) groups excluding carboxylic acids is 2. The number of fused-ring (bicyclic) bond motifs is 3. The topological polar surface area (TPSA) is 48.3 Å². The SMILES string of the molecule is CC(=O)n1c2ccc(Cl)cc2c2ccc(C(C)C(=O)OCc3ccccc3)cc21. The Kier molecular flexibility index (Phi) is 5.12. The van der Waals surface area contributed by atoms with E-state index in [1.807, 2.05) is 67.6 Å². The lowest BCUT2D eigenvalue weighted by atomic mass is 9.99. The number of carbonyl (C=O) groups is 2. The van der Waals surface area contributed by atoms with Crippen LogP contribution in [-0.4, -0.2) is 16.4 Å². The van der Waals surface area contributed by atoms with Gasteiger partial charge < -0.3 is 4.74 Å². The molecule has 0 amide bonds. The van der Waals surface area contributed by atoms with E-state index in [4.69, 9.17) is 16.3 Å². The summed E-state index contributed by atoms with van der Waals surface area (Å²) in [4.78, 5) is 24.9. The van der Waals surface area contributed by atoms with E-state index in [0.717, 1.165) is 32.9 Å². The second-order valence-corrected chi connectivity index (χ2v) is 7.54. The molecule has 0 spiro atoms. The van der Waals surface area contributed by atoms with Crippen LogP contribution in [0.3, 0.4) is 0 Å². The molecule has 1 aromatic heterocycles. The molecule has 0 saturated heterocycles. The van der Waals surface area contributed by atoms with Crippen molar-refractivity contribution in [3.05, 3.63) is 82.9 Å². The van der Waals surface area contributed by atoms with Gasteiger partial charge >= 0.3 is 5.97 Å². The molecule has 1 heterocycles. The Hall–Kier alpha value is -3.11. The van der Waals surface area contributed by atoms with Crippen molar-refractivity contribution in [1.82, 2.24) is 4.57 Å². The first kappa shape index (κ1) is 19.2. The highest BCUT2D eigenvalue weighted by atomic mass is 35.5. The van der Waals surface area contributed by atoms with Gasteiger partial charge in [0.2, 0.25) is 5.91 Å². The fraction of sp³-hybridized carbons (Fsp3) is 0.167. The Morgan fingerprint density at radius 3 is 2.45 bits per heavy atom. The lowest BCUT2D eigenvalue weighted by Crippen LogP contribution is -2.13. The van der Waals surface area contributed by atoms with Crippen LogP contribution in [0.2, 0.25) is 5.02 Å². The van der Waals surface area contributed by atoms with Gasteiger partial charge in [-0.15, -0.1) is 0 Å². The largest absolute Gasteiger partial charge is 0.460 e. The van der Waals surface area contributed by atoms with Gasteiger partial charge in [0.15, 0.2) is 0 Å². The van der Waals surface area contributed by atoms with Gasteiger partial charge in [-0.1, -0.05) is 54.1 Å². The summed E-state index contributed by atoms with van der Waals surface area (Å²) in [6.45, 7) is 3.57. The highest BCUT2D eigenvalue weighted by Crippen LogP contribution is 2.33. The Morgan fingerprint density at radius 2 is 1.72 bits per heavy atom. The molecule has 0 aliphatic carbocycles. The summed E-state index contributed by atoms with van der Waals surface area (Å²) in [5.74, 6) is -0.851. The zero-order valence-electron chi connectivity index (χ0n) is 16.2. The molecule has 3 aromatic carbocycles. The number of nitrogens with zero attached hydrogens (tertiary/aromatic N) is 1. The van der Waals surface area contributed by atoms with E-state index in [9.17, 15) is 9.59 Å². The maximum Gasteiger partial charge on any atom is 0.313 e. The fourth-order valence-corrected chi connectivity index (χ4v) is 3.78. The van der Waals surface area contributed by atoms with Crippen molar-refractivity contribution >= 4 is 45.3 Å². The molecule has 0 aliphatic rings. The van der Waals surface area contributed by atoms with Crippen LogP contribution in [0.5, 0.6) is 0 Å². The average Bonchev–Trinajstić information content (AvgIpc) is 3.05. The minimum absolute atomic E-state index is 0.0937. The lowest BCUT2D eigenvalue weighted by molar-refractivity contribution is -0.146. The number of rotatable bonds is 4. The van der Waals surface area contributed by atoms with Crippen molar-refractivity contribution in [2.24, 2.45) is 0 Å². The maximum absolute atomic E-state index is 12.6. The Balaban J connectivity index is 1.69. The zero-order valence-corrected chi connectivity index (χ0v) is 16.9. The number of ether oxygens (including phenoxy) is 1. The van der Waals surface area contributed by atoms with Crippen molar-refractivity contribution in [3.63, 3.8) is 0 Å². The maximum atomic E-state index is 12.6.